The number of halogens is 2. The van der Waals surface area contributed by atoms with E-state index in [2.05, 4.69) is 0 Å². The van der Waals surface area contributed by atoms with Gasteiger partial charge in [0.1, 0.15) is 11.2 Å². The number of para-hydroxylation sites is 1. The Labute approximate surface area is 178 Å². The van der Waals surface area contributed by atoms with Gasteiger partial charge in [0.15, 0.2) is 0 Å². The van der Waals surface area contributed by atoms with Crippen molar-refractivity contribution in [1.29, 1.82) is 0 Å². The van der Waals surface area contributed by atoms with E-state index in [4.69, 9.17) is 38.4 Å². The Bertz CT molecular complexity index is 986. The molecule has 0 saturated carbocycles. The molecule has 2 aromatic carbocycles. The number of esters is 1. The number of anilines is 1. The van der Waals surface area contributed by atoms with Gasteiger partial charge in [0.2, 0.25) is 5.88 Å². The number of carbonyl (C=O) groups is 2. The summed E-state index contributed by atoms with van der Waals surface area (Å²) in [5, 5.41) is 0.837. The van der Waals surface area contributed by atoms with Gasteiger partial charge >= 0.3 is 12.0 Å². The Morgan fingerprint density at radius 2 is 1.72 bits per heavy atom. The first-order valence-corrected chi connectivity index (χ1v) is 9.54. The molecule has 2 aromatic rings. The van der Waals surface area contributed by atoms with Gasteiger partial charge in [-0.15, -0.1) is 0 Å². The van der Waals surface area contributed by atoms with Crippen LogP contribution in [0, 0.1) is 0 Å². The van der Waals surface area contributed by atoms with E-state index in [0.29, 0.717) is 10.7 Å². The molecule has 1 aliphatic rings. The highest BCUT2D eigenvalue weighted by Gasteiger charge is 2.50. The molecule has 1 atom stereocenters. The van der Waals surface area contributed by atoms with Crippen LogP contribution in [-0.4, -0.2) is 24.7 Å². The van der Waals surface area contributed by atoms with Gasteiger partial charge in [-0.3, -0.25) is 0 Å². The standard InChI is InChI=1S/C21H20Cl2N2O4/c1-21(2)17(12-8-10-13(22)11-9-12)16(19(26)28-3)18(29-21)25(20(24)27)15-7-5-4-6-14(15)23/h4-11,17H,1-3H3,(H2,24,27). The number of rotatable bonds is 4. The first kappa shape index (κ1) is 21.0. The highest BCUT2D eigenvalue weighted by molar-refractivity contribution is 6.34. The molecule has 0 bridgehead atoms. The molecule has 1 aliphatic heterocycles. The molecule has 6 nitrogen and oxygen atoms in total. The van der Waals surface area contributed by atoms with E-state index in [0.717, 1.165) is 10.5 Å². The Morgan fingerprint density at radius 3 is 2.28 bits per heavy atom. The summed E-state index contributed by atoms with van der Waals surface area (Å²) in [5.74, 6) is -1.18. The molecule has 2 N–H and O–H groups in total. The second-order valence-corrected chi connectivity index (χ2v) is 7.87. The molecule has 0 fully saturated rings. The molecule has 1 heterocycles. The number of primary amides is 1. The molecule has 0 aliphatic carbocycles. The van der Waals surface area contributed by atoms with Crippen LogP contribution >= 0.6 is 23.2 Å². The van der Waals surface area contributed by atoms with Crippen molar-refractivity contribution in [2.24, 2.45) is 5.73 Å². The van der Waals surface area contributed by atoms with E-state index < -0.39 is 23.5 Å². The normalized spacial score (nSPS) is 17.6. The highest BCUT2D eigenvalue weighted by atomic mass is 35.5. The fourth-order valence-electron chi connectivity index (χ4n) is 3.50. The van der Waals surface area contributed by atoms with Crippen molar-refractivity contribution in [1.82, 2.24) is 0 Å². The van der Waals surface area contributed by atoms with Crippen LogP contribution in [0.15, 0.2) is 60.0 Å². The van der Waals surface area contributed by atoms with Gasteiger partial charge in [-0.2, -0.15) is 0 Å². The lowest BCUT2D eigenvalue weighted by Crippen LogP contribution is -2.37. The van der Waals surface area contributed by atoms with E-state index in [1.165, 1.54) is 7.11 Å². The number of nitrogens with zero attached hydrogens (tertiary/aromatic N) is 1. The number of urea groups is 1. The number of amides is 2. The molecule has 2 amide bonds. The Morgan fingerprint density at radius 1 is 1.10 bits per heavy atom. The summed E-state index contributed by atoms with van der Waals surface area (Å²) in [6.07, 6.45) is 0. The second kappa shape index (κ2) is 7.97. The van der Waals surface area contributed by atoms with Crippen LogP contribution in [0.1, 0.15) is 25.3 Å². The zero-order chi connectivity index (χ0) is 21.3. The minimum atomic E-state index is -0.887. The van der Waals surface area contributed by atoms with Gasteiger partial charge in [-0.25, -0.2) is 14.5 Å². The van der Waals surface area contributed by atoms with Gasteiger partial charge in [0, 0.05) is 5.02 Å². The van der Waals surface area contributed by atoms with Gasteiger partial charge in [0.05, 0.1) is 23.7 Å². The maximum atomic E-state index is 12.8. The molecule has 0 saturated heterocycles. The SMILES string of the molecule is COC(=O)C1=C(N(C(N)=O)c2ccccc2Cl)OC(C)(C)C1c1ccc(Cl)cc1. The molecular weight excluding hydrogens is 415 g/mol. The van der Waals surface area contributed by atoms with Crippen LogP contribution in [-0.2, 0) is 14.3 Å². The molecule has 152 valence electrons. The van der Waals surface area contributed by atoms with E-state index in [1.54, 1.807) is 48.5 Å². The predicted molar refractivity (Wildman–Crippen MR) is 112 cm³/mol. The van der Waals surface area contributed by atoms with Crippen molar-refractivity contribution >= 4 is 40.9 Å². The van der Waals surface area contributed by atoms with Crippen molar-refractivity contribution in [2.75, 3.05) is 12.0 Å². The topological polar surface area (TPSA) is 81.9 Å². The molecule has 1 unspecified atom stereocenters. The number of carbonyl (C=O) groups excluding carboxylic acids is 2. The fourth-order valence-corrected chi connectivity index (χ4v) is 3.85. The summed E-state index contributed by atoms with van der Waals surface area (Å²) in [6, 6.07) is 12.8. The number of ether oxygens (including phenoxy) is 2. The molecule has 0 spiro atoms. The smallest absolute Gasteiger partial charge is 0.339 e. The first-order valence-electron chi connectivity index (χ1n) is 8.78. The van der Waals surface area contributed by atoms with Crippen LogP contribution in [0.2, 0.25) is 10.0 Å². The molecule has 8 heteroatoms. The zero-order valence-corrected chi connectivity index (χ0v) is 17.6. The molecule has 3 rings (SSSR count). The van der Waals surface area contributed by atoms with Crippen molar-refractivity contribution in [2.45, 2.75) is 25.4 Å². The minimum absolute atomic E-state index is 0.0117. The Kier molecular flexibility index (Phi) is 5.78. The lowest BCUT2D eigenvalue weighted by molar-refractivity contribution is -0.136. The number of nitrogens with two attached hydrogens (primary N) is 1. The lowest BCUT2D eigenvalue weighted by Gasteiger charge is -2.29. The zero-order valence-electron chi connectivity index (χ0n) is 16.1. The van der Waals surface area contributed by atoms with Crippen LogP contribution < -0.4 is 10.6 Å². The summed E-state index contributed by atoms with van der Waals surface area (Å²) < 4.78 is 11.1. The summed E-state index contributed by atoms with van der Waals surface area (Å²) >= 11 is 12.3. The third-order valence-electron chi connectivity index (χ3n) is 4.70. The van der Waals surface area contributed by atoms with Crippen molar-refractivity contribution in [3.8, 4) is 0 Å². The number of hydrogen-bond acceptors (Lipinski definition) is 4. The third-order valence-corrected chi connectivity index (χ3v) is 5.27. The highest BCUT2D eigenvalue weighted by Crippen LogP contribution is 2.48. The summed E-state index contributed by atoms with van der Waals surface area (Å²) in [7, 11) is 1.27. The maximum absolute atomic E-state index is 12.8. The van der Waals surface area contributed by atoms with Crippen LogP contribution in [0.4, 0.5) is 10.5 Å². The number of hydrogen-bond donors (Lipinski definition) is 1. The average molecular weight is 435 g/mol. The summed E-state index contributed by atoms with van der Waals surface area (Å²) in [4.78, 5) is 26.3. The van der Waals surface area contributed by atoms with Gasteiger partial charge < -0.3 is 15.2 Å². The lowest BCUT2D eigenvalue weighted by atomic mass is 9.81. The summed E-state index contributed by atoms with van der Waals surface area (Å²) in [5.41, 5.74) is 6.01. The molecule has 0 aromatic heterocycles. The van der Waals surface area contributed by atoms with Crippen LogP contribution in [0.25, 0.3) is 0 Å². The van der Waals surface area contributed by atoms with Crippen molar-refractivity contribution < 1.29 is 19.1 Å². The van der Waals surface area contributed by atoms with Crippen LogP contribution in [0.3, 0.4) is 0 Å². The fraction of sp³-hybridized carbons (Fsp3) is 0.238. The van der Waals surface area contributed by atoms with E-state index >= 15 is 0 Å². The van der Waals surface area contributed by atoms with E-state index in [-0.39, 0.29) is 16.5 Å². The van der Waals surface area contributed by atoms with Gasteiger partial charge in [0.25, 0.3) is 0 Å². The van der Waals surface area contributed by atoms with Crippen molar-refractivity contribution in [3.05, 3.63) is 75.6 Å². The second-order valence-electron chi connectivity index (χ2n) is 7.03. The Hall–Kier alpha value is -2.70. The van der Waals surface area contributed by atoms with Gasteiger partial charge in [-0.1, -0.05) is 47.5 Å². The molecular formula is C21H20Cl2N2O4. The number of methoxy groups -OCH3 is 1. The van der Waals surface area contributed by atoms with Crippen LogP contribution in [0.5, 0.6) is 0 Å². The maximum Gasteiger partial charge on any atom is 0.339 e. The van der Waals surface area contributed by atoms with Gasteiger partial charge in [-0.05, 0) is 43.7 Å². The largest absolute Gasteiger partial charge is 0.471 e. The molecule has 0 radical (unpaired) electrons. The third kappa shape index (κ3) is 3.91. The summed E-state index contributed by atoms with van der Waals surface area (Å²) in [6.45, 7) is 3.63. The van der Waals surface area contributed by atoms with E-state index in [1.807, 2.05) is 13.8 Å². The van der Waals surface area contributed by atoms with Crippen molar-refractivity contribution in [3.63, 3.8) is 0 Å². The first-order chi connectivity index (χ1) is 13.7. The molecule has 29 heavy (non-hydrogen) atoms. The monoisotopic (exact) mass is 434 g/mol. The van der Waals surface area contributed by atoms with E-state index in [9.17, 15) is 9.59 Å². The average Bonchev–Trinajstić information content (AvgIpc) is 2.94. The Balaban J connectivity index is 2.26. The number of benzene rings is 2. The minimum Gasteiger partial charge on any atom is -0.471 e. The predicted octanol–water partition coefficient (Wildman–Crippen LogP) is 4.86. The quantitative estimate of drug-likeness (QED) is 0.696.